The molecule has 0 heterocycles. The molecule has 0 aromatic carbocycles. The van der Waals surface area contributed by atoms with Gasteiger partial charge in [-0.1, -0.05) is 71.1 Å². The maximum atomic E-state index is 3.85. The van der Waals surface area contributed by atoms with Crippen molar-refractivity contribution in [3.8, 4) is 0 Å². The second-order valence-electron chi connectivity index (χ2n) is 4.04. The molecule has 0 bridgehead atoms. The first kappa shape index (κ1) is 17.0. The number of rotatable bonds is 10. The van der Waals surface area contributed by atoms with Gasteiger partial charge in [0.15, 0.2) is 0 Å². The van der Waals surface area contributed by atoms with E-state index in [0.29, 0.717) is 0 Å². The molecule has 0 spiro atoms. The molecule has 0 aliphatic rings. The second-order valence-corrected chi connectivity index (χ2v) is 4.04. The molecule has 80 valence electrons. The van der Waals surface area contributed by atoms with Crippen LogP contribution in [0.4, 0.5) is 0 Å². The van der Waals surface area contributed by atoms with E-state index in [9.17, 15) is 0 Å². The Morgan fingerprint density at radius 3 is 1.36 bits per heavy atom. The van der Waals surface area contributed by atoms with Crippen molar-refractivity contribution in [2.75, 3.05) is 0 Å². The zero-order valence-corrected chi connectivity index (χ0v) is 10.5. The van der Waals surface area contributed by atoms with Crippen LogP contribution >= 0.6 is 0 Å². The Balaban J connectivity index is 0. The van der Waals surface area contributed by atoms with Gasteiger partial charge in [0.05, 0.1) is 0 Å². The van der Waals surface area contributed by atoms with Gasteiger partial charge in [-0.25, -0.2) is 0 Å². The molecule has 0 atom stereocenters. The molecule has 0 rings (SSSR count). The van der Waals surface area contributed by atoms with Gasteiger partial charge in [-0.3, -0.25) is 0 Å². The summed E-state index contributed by atoms with van der Waals surface area (Å²) < 4.78 is 0. The smallest absolute Gasteiger partial charge is 0.343 e. The average Bonchev–Trinajstić information content (AvgIpc) is 2.16. The predicted molar refractivity (Wildman–Crippen MR) is 61.8 cm³/mol. The molecular weight excluding hydrogens is 163 g/mol. The van der Waals surface area contributed by atoms with Crippen molar-refractivity contribution in [2.24, 2.45) is 0 Å². The maximum Gasteiger partial charge on any atom is 1.00 e. The van der Waals surface area contributed by atoms with Crippen molar-refractivity contribution >= 4 is 0 Å². The first-order valence-electron chi connectivity index (χ1n) is 6.21. The summed E-state index contributed by atoms with van der Waals surface area (Å²) in [5.41, 5.74) is 0. The summed E-state index contributed by atoms with van der Waals surface area (Å²) >= 11 is 0. The van der Waals surface area contributed by atoms with Crippen molar-refractivity contribution in [3.05, 3.63) is 6.92 Å². The van der Waals surface area contributed by atoms with Gasteiger partial charge < -0.3 is 6.92 Å². The molecule has 1 heteroatoms. The van der Waals surface area contributed by atoms with Crippen LogP contribution in [-0.2, 0) is 0 Å². The quantitative estimate of drug-likeness (QED) is 0.281. The fraction of sp³-hybridized carbons (Fsp3) is 0.923. The SMILES string of the molecule is [CH2-]CCCCCCCCCCCC.[Li+]. The molecule has 0 saturated carbocycles. The van der Waals surface area contributed by atoms with E-state index in [1.807, 2.05) is 0 Å². The Morgan fingerprint density at radius 2 is 1.00 bits per heavy atom. The van der Waals surface area contributed by atoms with Gasteiger partial charge in [-0.15, -0.1) is 0 Å². The Morgan fingerprint density at radius 1 is 0.643 bits per heavy atom. The van der Waals surface area contributed by atoms with Gasteiger partial charge in [0.25, 0.3) is 0 Å². The first-order valence-corrected chi connectivity index (χ1v) is 6.21. The number of hydrogen-bond acceptors (Lipinski definition) is 0. The largest absolute Gasteiger partial charge is 1.00 e. The Hall–Kier alpha value is 0.597. The van der Waals surface area contributed by atoms with Gasteiger partial charge in [-0.2, -0.15) is 6.42 Å². The van der Waals surface area contributed by atoms with E-state index in [1.165, 1.54) is 64.2 Å². The van der Waals surface area contributed by atoms with Gasteiger partial charge >= 0.3 is 18.9 Å². The third kappa shape index (κ3) is 15.1. The van der Waals surface area contributed by atoms with Crippen molar-refractivity contribution in [1.82, 2.24) is 0 Å². The maximum absolute atomic E-state index is 3.85. The van der Waals surface area contributed by atoms with Crippen LogP contribution in [-0.4, -0.2) is 0 Å². The Labute approximate surface area is 103 Å². The fourth-order valence-electron chi connectivity index (χ4n) is 1.66. The third-order valence-corrected chi connectivity index (χ3v) is 2.60. The van der Waals surface area contributed by atoms with E-state index >= 15 is 0 Å². The number of unbranched alkanes of at least 4 members (excludes halogenated alkanes) is 10. The van der Waals surface area contributed by atoms with Crippen LogP contribution in [0.5, 0.6) is 0 Å². The first-order chi connectivity index (χ1) is 6.41. The van der Waals surface area contributed by atoms with Crippen LogP contribution in [0.1, 0.15) is 77.6 Å². The monoisotopic (exact) mass is 190 g/mol. The van der Waals surface area contributed by atoms with Crippen molar-refractivity contribution in [3.63, 3.8) is 0 Å². The third-order valence-electron chi connectivity index (χ3n) is 2.60. The van der Waals surface area contributed by atoms with E-state index in [-0.39, 0.29) is 18.9 Å². The Bertz CT molecular complexity index is 71.3. The number of hydrogen-bond donors (Lipinski definition) is 0. The average molecular weight is 190 g/mol. The summed E-state index contributed by atoms with van der Waals surface area (Å²) in [5, 5.41) is 0. The molecular formula is C13H27Li. The summed E-state index contributed by atoms with van der Waals surface area (Å²) in [6.45, 7) is 6.13. The summed E-state index contributed by atoms with van der Waals surface area (Å²) in [7, 11) is 0. The second kappa shape index (κ2) is 16.0. The van der Waals surface area contributed by atoms with Crippen LogP contribution in [0.2, 0.25) is 0 Å². The topological polar surface area (TPSA) is 0 Å². The summed E-state index contributed by atoms with van der Waals surface area (Å²) in [5.74, 6) is 0. The van der Waals surface area contributed by atoms with Crippen molar-refractivity contribution < 1.29 is 18.9 Å². The molecule has 0 aliphatic carbocycles. The molecule has 0 aromatic rings. The van der Waals surface area contributed by atoms with Gasteiger partial charge in [0.1, 0.15) is 0 Å². The molecule has 0 N–H and O–H groups in total. The Kier molecular flexibility index (Phi) is 19.5. The molecule has 0 aliphatic heterocycles. The molecule has 0 aromatic heterocycles. The minimum atomic E-state index is 0. The minimum Gasteiger partial charge on any atom is -0.343 e. The van der Waals surface area contributed by atoms with E-state index in [2.05, 4.69) is 13.8 Å². The van der Waals surface area contributed by atoms with Crippen LogP contribution in [0.25, 0.3) is 0 Å². The van der Waals surface area contributed by atoms with Crippen LogP contribution in [0.15, 0.2) is 0 Å². The van der Waals surface area contributed by atoms with Crippen LogP contribution < -0.4 is 18.9 Å². The predicted octanol–water partition coefficient (Wildman–Crippen LogP) is 2.14. The molecule has 0 nitrogen and oxygen atoms in total. The van der Waals surface area contributed by atoms with Gasteiger partial charge in [0.2, 0.25) is 0 Å². The molecule has 0 unspecified atom stereocenters. The van der Waals surface area contributed by atoms with Gasteiger partial charge in [0, 0.05) is 0 Å². The minimum absolute atomic E-state index is 0. The molecule has 14 heavy (non-hydrogen) atoms. The van der Waals surface area contributed by atoms with Crippen LogP contribution in [0, 0.1) is 6.92 Å². The van der Waals surface area contributed by atoms with Crippen molar-refractivity contribution in [1.29, 1.82) is 0 Å². The standard InChI is InChI=1S/C13H27.Li/c1-3-5-7-9-11-13-12-10-8-6-4-2;/h1,3-13H2,2H3;/q-1;+1. The summed E-state index contributed by atoms with van der Waals surface area (Å²) in [6, 6.07) is 0. The van der Waals surface area contributed by atoms with Crippen molar-refractivity contribution in [2.45, 2.75) is 77.6 Å². The zero-order valence-electron chi connectivity index (χ0n) is 10.5. The normalized spacial score (nSPS) is 9.86. The molecule has 0 amide bonds. The zero-order chi connectivity index (χ0) is 9.78. The van der Waals surface area contributed by atoms with Crippen LogP contribution in [0.3, 0.4) is 0 Å². The molecule has 0 saturated heterocycles. The summed E-state index contributed by atoms with van der Waals surface area (Å²) in [6.07, 6.45) is 15.4. The summed E-state index contributed by atoms with van der Waals surface area (Å²) in [4.78, 5) is 0. The molecule has 0 fully saturated rings. The van der Waals surface area contributed by atoms with E-state index in [0.717, 1.165) is 6.42 Å². The van der Waals surface area contributed by atoms with Gasteiger partial charge in [-0.05, 0) is 0 Å². The van der Waals surface area contributed by atoms with E-state index < -0.39 is 0 Å². The molecule has 0 radical (unpaired) electrons. The fourth-order valence-corrected chi connectivity index (χ4v) is 1.66. The van der Waals surface area contributed by atoms with E-state index in [4.69, 9.17) is 0 Å². The van der Waals surface area contributed by atoms with E-state index in [1.54, 1.807) is 0 Å².